The summed E-state index contributed by atoms with van der Waals surface area (Å²) >= 11 is 0. The maximum Gasteiger partial charge on any atom is 0.271 e. The van der Waals surface area contributed by atoms with E-state index in [0.29, 0.717) is 6.54 Å². The first-order valence-corrected chi connectivity index (χ1v) is 5.65. The molecule has 5 heteroatoms. The van der Waals surface area contributed by atoms with Gasteiger partial charge in [-0.05, 0) is 43.1 Å². The summed E-state index contributed by atoms with van der Waals surface area (Å²) in [5, 5.41) is 4.02. The third kappa shape index (κ3) is 3.51. The van der Waals surface area contributed by atoms with Gasteiger partial charge in [0.15, 0.2) is 0 Å². The second-order valence-electron chi connectivity index (χ2n) is 3.83. The normalized spacial score (nSPS) is 9.83. The van der Waals surface area contributed by atoms with Gasteiger partial charge in [-0.25, -0.2) is 0 Å². The van der Waals surface area contributed by atoms with E-state index in [1.165, 1.54) is 16.3 Å². The van der Waals surface area contributed by atoms with Gasteiger partial charge in [0.25, 0.3) is 5.56 Å². The number of rotatable bonds is 4. The van der Waals surface area contributed by atoms with Crippen LogP contribution in [0.2, 0.25) is 0 Å². The molecule has 1 aromatic heterocycles. The fraction of sp³-hybridized carbons (Fsp3) is 0.231. The van der Waals surface area contributed by atoms with Crippen LogP contribution in [0, 0.1) is 0 Å². The Morgan fingerprint density at radius 1 is 1.17 bits per heavy atom. The lowest BCUT2D eigenvalue weighted by Gasteiger charge is -2.05. The number of nitrogens with zero attached hydrogens (tertiary/aromatic N) is 2. The topological polar surface area (TPSA) is 60.9 Å². The number of aryl methyl sites for hydroxylation is 1. The molecule has 18 heavy (non-hydrogen) atoms. The third-order valence-electron chi connectivity index (χ3n) is 2.57. The van der Waals surface area contributed by atoms with Crippen LogP contribution in [0.1, 0.15) is 12.0 Å². The molecule has 1 heterocycles. The molecular weight excluding hydrogens is 294 g/mol. The SMILES string of the molecule is Br.NCCCc1ccc(-n2ncccc2=O)cc1. The van der Waals surface area contributed by atoms with Crippen molar-refractivity contribution in [3.05, 3.63) is 58.5 Å². The molecule has 0 spiro atoms. The second kappa shape index (κ2) is 7.08. The van der Waals surface area contributed by atoms with Crippen molar-refractivity contribution in [2.45, 2.75) is 12.8 Å². The van der Waals surface area contributed by atoms with Crippen LogP contribution in [0.5, 0.6) is 0 Å². The van der Waals surface area contributed by atoms with Crippen molar-refractivity contribution < 1.29 is 0 Å². The highest BCUT2D eigenvalue weighted by atomic mass is 79.9. The molecule has 2 N–H and O–H groups in total. The highest BCUT2D eigenvalue weighted by Gasteiger charge is 1.99. The largest absolute Gasteiger partial charge is 0.330 e. The summed E-state index contributed by atoms with van der Waals surface area (Å²) in [7, 11) is 0. The summed E-state index contributed by atoms with van der Waals surface area (Å²) < 4.78 is 1.38. The van der Waals surface area contributed by atoms with Gasteiger partial charge >= 0.3 is 0 Å². The van der Waals surface area contributed by atoms with Gasteiger partial charge in [-0.15, -0.1) is 17.0 Å². The van der Waals surface area contributed by atoms with Crippen molar-refractivity contribution in [1.29, 1.82) is 0 Å². The Kier molecular flexibility index (Phi) is 5.74. The van der Waals surface area contributed by atoms with Crippen molar-refractivity contribution in [2.75, 3.05) is 6.54 Å². The van der Waals surface area contributed by atoms with Gasteiger partial charge in [-0.1, -0.05) is 12.1 Å². The molecule has 0 aliphatic rings. The number of hydrogen-bond acceptors (Lipinski definition) is 3. The average molecular weight is 310 g/mol. The van der Waals surface area contributed by atoms with Crippen LogP contribution in [-0.4, -0.2) is 16.3 Å². The van der Waals surface area contributed by atoms with E-state index in [9.17, 15) is 4.79 Å². The van der Waals surface area contributed by atoms with Gasteiger partial charge in [0, 0.05) is 12.3 Å². The number of halogens is 1. The van der Waals surface area contributed by atoms with E-state index in [2.05, 4.69) is 5.10 Å². The van der Waals surface area contributed by atoms with Crippen molar-refractivity contribution in [2.24, 2.45) is 5.73 Å². The average Bonchev–Trinajstić information content (AvgIpc) is 2.38. The predicted octanol–water partition coefficient (Wildman–Crippen LogP) is 1.70. The highest BCUT2D eigenvalue weighted by molar-refractivity contribution is 8.93. The van der Waals surface area contributed by atoms with Crippen molar-refractivity contribution >= 4 is 17.0 Å². The second-order valence-corrected chi connectivity index (χ2v) is 3.83. The smallest absolute Gasteiger partial charge is 0.271 e. The number of benzene rings is 1. The van der Waals surface area contributed by atoms with Crippen LogP contribution in [0.4, 0.5) is 0 Å². The van der Waals surface area contributed by atoms with Crippen molar-refractivity contribution in [3.63, 3.8) is 0 Å². The molecule has 96 valence electrons. The lowest BCUT2D eigenvalue weighted by atomic mass is 10.1. The molecule has 2 rings (SSSR count). The molecule has 0 unspecified atom stereocenters. The van der Waals surface area contributed by atoms with Crippen molar-refractivity contribution in [3.8, 4) is 5.69 Å². The summed E-state index contributed by atoms with van der Waals surface area (Å²) in [5.41, 5.74) is 7.35. The Balaban J connectivity index is 0.00000162. The molecule has 0 amide bonds. The Morgan fingerprint density at radius 3 is 2.50 bits per heavy atom. The number of hydrogen-bond donors (Lipinski definition) is 1. The Labute approximate surface area is 116 Å². The molecule has 0 atom stereocenters. The third-order valence-corrected chi connectivity index (χ3v) is 2.57. The van der Waals surface area contributed by atoms with Crippen LogP contribution in [0.25, 0.3) is 5.69 Å². The van der Waals surface area contributed by atoms with Crippen LogP contribution < -0.4 is 11.3 Å². The van der Waals surface area contributed by atoms with Gasteiger partial charge in [0.2, 0.25) is 0 Å². The van der Waals surface area contributed by atoms with Crippen molar-refractivity contribution in [1.82, 2.24) is 9.78 Å². The lowest BCUT2D eigenvalue weighted by Crippen LogP contribution is -2.18. The molecule has 0 bridgehead atoms. The summed E-state index contributed by atoms with van der Waals surface area (Å²) in [4.78, 5) is 11.6. The van der Waals surface area contributed by atoms with E-state index >= 15 is 0 Å². The van der Waals surface area contributed by atoms with Crippen LogP contribution in [0.15, 0.2) is 47.4 Å². The molecule has 2 aromatic rings. The summed E-state index contributed by atoms with van der Waals surface area (Å²) in [6.45, 7) is 0.696. The van der Waals surface area contributed by atoms with E-state index in [4.69, 9.17) is 5.73 Å². The maximum absolute atomic E-state index is 11.6. The molecule has 4 nitrogen and oxygen atoms in total. The van der Waals surface area contributed by atoms with Gasteiger partial charge in [-0.2, -0.15) is 9.78 Å². The molecule has 0 radical (unpaired) electrons. The molecule has 0 saturated heterocycles. The zero-order valence-corrected chi connectivity index (χ0v) is 11.7. The molecule has 1 aromatic carbocycles. The Hall–Kier alpha value is -1.46. The Morgan fingerprint density at radius 2 is 1.89 bits per heavy atom. The highest BCUT2D eigenvalue weighted by Crippen LogP contribution is 2.08. The number of aromatic nitrogens is 2. The summed E-state index contributed by atoms with van der Waals surface area (Å²) in [5.74, 6) is 0. The predicted molar refractivity (Wildman–Crippen MR) is 77.5 cm³/mol. The quantitative estimate of drug-likeness (QED) is 0.935. The molecule has 0 aliphatic carbocycles. The van der Waals surface area contributed by atoms with E-state index in [-0.39, 0.29) is 22.5 Å². The molecule has 0 aliphatic heterocycles. The maximum atomic E-state index is 11.6. The van der Waals surface area contributed by atoms with Crippen LogP contribution in [-0.2, 0) is 6.42 Å². The molecule has 0 fully saturated rings. The van der Waals surface area contributed by atoms with Gasteiger partial charge in [-0.3, -0.25) is 4.79 Å². The summed E-state index contributed by atoms with van der Waals surface area (Å²) in [6, 6.07) is 10.9. The Bertz CT molecular complexity index is 536. The van der Waals surface area contributed by atoms with E-state index in [1.807, 2.05) is 24.3 Å². The first kappa shape index (κ1) is 14.6. The van der Waals surface area contributed by atoms with Gasteiger partial charge in [0.1, 0.15) is 0 Å². The number of nitrogens with two attached hydrogens (primary N) is 1. The minimum atomic E-state index is -0.123. The van der Waals surface area contributed by atoms with Crippen LogP contribution >= 0.6 is 17.0 Å². The van der Waals surface area contributed by atoms with Gasteiger partial charge in [0.05, 0.1) is 5.69 Å². The standard InChI is InChI=1S/C13H15N3O.BrH/c14-9-1-3-11-5-7-12(8-6-11)16-13(17)4-2-10-15-16;/h2,4-8,10H,1,3,9,14H2;1H. The monoisotopic (exact) mass is 309 g/mol. The summed E-state index contributed by atoms with van der Waals surface area (Å²) in [6.07, 6.45) is 3.54. The fourth-order valence-electron chi connectivity index (χ4n) is 1.66. The van der Waals surface area contributed by atoms with E-state index < -0.39 is 0 Å². The van der Waals surface area contributed by atoms with E-state index in [0.717, 1.165) is 18.5 Å². The zero-order chi connectivity index (χ0) is 12.1. The first-order chi connectivity index (χ1) is 8.31. The van der Waals surface area contributed by atoms with Crippen LogP contribution in [0.3, 0.4) is 0 Å². The minimum Gasteiger partial charge on any atom is -0.330 e. The zero-order valence-electron chi connectivity index (χ0n) is 9.95. The fourth-order valence-corrected chi connectivity index (χ4v) is 1.66. The minimum absolute atomic E-state index is 0. The van der Waals surface area contributed by atoms with Gasteiger partial charge < -0.3 is 5.73 Å². The van der Waals surface area contributed by atoms with E-state index in [1.54, 1.807) is 12.3 Å². The lowest BCUT2D eigenvalue weighted by molar-refractivity contribution is 0.802. The first-order valence-electron chi connectivity index (χ1n) is 5.65. The molecule has 0 saturated carbocycles. The molecular formula is C13H16BrN3O.